The Kier molecular flexibility index (Phi) is 4.95. The number of aromatic amines is 2. The number of benzene rings is 2. The van der Waals surface area contributed by atoms with Crippen molar-refractivity contribution >= 4 is 22.5 Å². The quantitative estimate of drug-likeness (QED) is 0.267. The predicted molar refractivity (Wildman–Crippen MR) is 124 cm³/mol. The van der Waals surface area contributed by atoms with E-state index in [1.54, 1.807) is 18.6 Å². The van der Waals surface area contributed by atoms with Crippen molar-refractivity contribution < 1.29 is 22.4 Å². The first-order chi connectivity index (χ1) is 17.3. The minimum atomic E-state index is -4.66. The number of hydrogen-bond donors (Lipinski definition) is 2. The summed E-state index contributed by atoms with van der Waals surface area (Å²) in [6.07, 6.45) is 0.214. The third kappa shape index (κ3) is 3.72. The molecule has 0 amide bonds. The molecule has 5 aromatic rings. The molecule has 0 spiro atoms. The van der Waals surface area contributed by atoms with Gasteiger partial charge in [0.1, 0.15) is 5.52 Å². The van der Waals surface area contributed by atoms with Gasteiger partial charge < -0.3 is 19.4 Å². The summed E-state index contributed by atoms with van der Waals surface area (Å²) in [6, 6.07) is 9.26. The lowest BCUT2D eigenvalue weighted by molar-refractivity contribution is -0.137. The van der Waals surface area contributed by atoms with E-state index in [4.69, 9.17) is 0 Å². The van der Waals surface area contributed by atoms with Crippen LogP contribution in [0.2, 0.25) is 0 Å². The molecule has 2 aromatic carbocycles. The molecule has 0 atom stereocenters. The van der Waals surface area contributed by atoms with Gasteiger partial charge in [-0.2, -0.15) is 13.2 Å². The largest absolute Gasteiger partial charge is 0.417 e. The summed E-state index contributed by atoms with van der Waals surface area (Å²) in [5.41, 5.74) is 1.24. The van der Waals surface area contributed by atoms with Gasteiger partial charge in [0.15, 0.2) is 17.4 Å². The van der Waals surface area contributed by atoms with E-state index in [0.29, 0.717) is 30.0 Å². The van der Waals surface area contributed by atoms with Crippen LogP contribution in [0.1, 0.15) is 27.2 Å². The fourth-order valence-electron chi connectivity index (χ4n) is 4.52. The van der Waals surface area contributed by atoms with E-state index in [1.807, 2.05) is 4.90 Å². The van der Waals surface area contributed by atoms with Crippen LogP contribution in [-0.2, 0) is 19.3 Å². The molecule has 3 aromatic heterocycles. The minimum absolute atomic E-state index is 0.0354. The highest BCUT2D eigenvalue weighted by molar-refractivity contribution is 6.10. The zero-order valence-electron chi connectivity index (χ0n) is 18.6. The fourth-order valence-corrected chi connectivity index (χ4v) is 4.52. The normalized spacial score (nSPS) is 13.8. The highest BCUT2D eigenvalue weighted by Gasteiger charge is 2.35. The van der Waals surface area contributed by atoms with Crippen LogP contribution in [0.15, 0.2) is 61.2 Å². The maximum Gasteiger partial charge on any atom is 0.417 e. The summed E-state index contributed by atoms with van der Waals surface area (Å²) in [6.45, 7) is 2.02. The number of alkyl halides is 3. The molecule has 2 N–H and O–H groups in total. The van der Waals surface area contributed by atoms with Gasteiger partial charge in [-0.15, -0.1) is 0 Å². The zero-order chi connectivity index (χ0) is 25.0. The SMILES string of the molecule is O=C(c1c[nH]c(-c2nc3c(F)cc(N4CCn5cncc5C4)cc3[nH]2)c1)c1ccccc1C(F)(F)F. The molecule has 182 valence electrons. The molecule has 0 saturated heterocycles. The average Bonchev–Trinajstić information content (AvgIpc) is 3.61. The van der Waals surface area contributed by atoms with E-state index in [-0.39, 0.29) is 16.9 Å². The molecule has 0 radical (unpaired) electrons. The van der Waals surface area contributed by atoms with Crippen molar-refractivity contribution in [3.05, 3.63) is 89.4 Å². The third-order valence-corrected chi connectivity index (χ3v) is 6.33. The van der Waals surface area contributed by atoms with E-state index in [2.05, 4.69) is 24.5 Å². The lowest BCUT2D eigenvalue weighted by Crippen LogP contribution is -2.33. The van der Waals surface area contributed by atoms with Gasteiger partial charge in [-0.05, 0) is 24.3 Å². The number of carbonyl (C=O) groups excluding carboxylic acids is 1. The molecule has 1 aliphatic rings. The Bertz CT molecular complexity index is 1610. The predicted octanol–water partition coefficient (Wildman–Crippen LogP) is 5.16. The van der Waals surface area contributed by atoms with Crippen molar-refractivity contribution in [1.82, 2.24) is 24.5 Å². The first-order valence-corrected chi connectivity index (χ1v) is 11.1. The summed E-state index contributed by atoms with van der Waals surface area (Å²) in [5.74, 6) is -1.02. The average molecular weight is 494 g/mol. The Labute approximate surface area is 201 Å². The Hall–Kier alpha value is -4.41. The number of nitrogens with zero attached hydrogens (tertiary/aromatic N) is 4. The van der Waals surface area contributed by atoms with Crippen molar-refractivity contribution in [2.45, 2.75) is 19.3 Å². The van der Waals surface area contributed by atoms with Gasteiger partial charge in [0.25, 0.3) is 0 Å². The second kappa shape index (κ2) is 8.08. The van der Waals surface area contributed by atoms with E-state index >= 15 is 0 Å². The molecule has 6 rings (SSSR count). The Balaban J connectivity index is 1.31. The van der Waals surface area contributed by atoms with Crippen molar-refractivity contribution in [3.8, 4) is 11.5 Å². The Morgan fingerprint density at radius 3 is 2.75 bits per heavy atom. The number of fused-ring (bicyclic) bond motifs is 2. The number of anilines is 1. The van der Waals surface area contributed by atoms with E-state index in [9.17, 15) is 22.4 Å². The molecule has 36 heavy (non-hydrogen) atoms. The van der Waals surface area contributed by atoms with Gasteiger partial charge in [-0.3, -0.25) is 4.79 Å². The number of halogens is 4. The molecule has 0 unspecified atom stereocenters. The number of aromatic nitrogens is 5. The Morgan fingerprint density at radius 2 is 1.92 bits per heavy atom. The number of carbonyl (C=O) groups is 1. The monoisotopic (exact) mass is 494 g/mol. The van der Waals surface area contributed by atoms with Gasteiger partial charge in [-0.25, -0.2) is 14.4 Å². The highest BCUT2D eigenvalue weighted by atomic mass is 19.4. The van der Waals surface area contributed by atoms with Crippen LogP contribution < -0.4 is 4.90 Å². The summed E-state index contributed by atoms with van der Waals surface area (Å²) >= 11 is 0. The summed E-state index contributed by atoms with van der Waals surface area (Å²) < 4.78 is 57.1. The smallest absolute Gasteiger partial charge is 0.364 e. The molecule has 0 fully saturated rings. The first kappa shape index (κ1) is 22.1. The molecule has 11 heteroatoms. The van der Waals surface area contributed by atoms with Crippen LogP contribution in [0.3, 0.4) is 0 Å². The maximum atomic E-state index is 15.0. The number of imidazole rings is 2. The highest BCUT2D eigenvalue weighted by Crippen LogP contribution is 2.34. The van der Waals surface area contributed by atoms with Crippen LogP contribution >= 0.6 is 0 Å². The lowest BCUT2D eigenvalue weighted by atomic mass is 9.99. The number of hydrogen-bond acceptors (Lipinski definition) is 4. The molecular weight excluding hydrogens is 476 g/mol. The lowest BCUT2D eigenvalue weighted by Gasteiger charge is -2.30. The van der Waals surface area contributed by atoms with E-state index < -0.39 is 28.9 Å². The van der Waals surface area contributed by atoms with Crippen LogP contribution in [0.25, 0.3) is 22.6 Å². The van der Waals surface area contributed by atoms with Gasteiger partial charge in [0.05, 0.1) is 35.3 Å². The van der Waals surface area contributed by atoms with Crippen LogP contribution in [0.5, 0.6) is 0 Å². The first-order valence-electron chi connectivity index (χ1n) is 11.1. The number of H-pyrrole nitrogens is 2. The fraction of sp³-hybridized carbons (Fsp3) is 0.160. The van der Waals surface area contributed by atoms with Crippen LogP contribution in [0.4, 0.5) is 23.2 Å². The van der Waals surface area contributed by atoms with Crippen LogP contribution in [0, 0.1) is 5.82 Å². The second-order valence-corrected chi connectivity index (χ2v) is 8.58. The maximum absolute atomic E-state index is 15.0. The number of ketones is 1. The minimum Gasteiger partial charge on any atom is -0.364 e. The number of rotatable bonds is 4. The van der Waals surface area contributed by atoms with E-state index in [1.165, 1.54) is 30.5 Å². The molecule has 0 bridgehead atoms. The van der Waals surface area contributed by atoms with E-state index in [0.717, 1.165) is 24.4 Å². The van der Waals surface area contributed by atoms with Crippen molar-refractivity contribution in [2.24, 2.45) is 0 Å². The number of nitrogens with one attached hydrogen (secondary N) is 2. The molecule has 4 heterocycles. The molecule has 7 nitrogen and oxygen atoms in total. The molecular formula is C25H18F4N6O. The van der Waals surface area contributed by atoms with Gasteiger partial charge in [0, 0.05) is 42.3 Å². The van der Waals surface area contributed by atoms with Gasteiger partial charge in [0.2, 0.25) is 0 Å². The molecule has 1 aliphatic heterocycles. The standard InChI is InChI=1S/C25H18F4N6O/c26-19-8-15(34-5-6-35-13-30-11-16(35)12-34)9-20-22(19)33-24(32-20)21-7-14(10-31-21)23(36)17-3-1-2-4-18(17)25(27,28)29/h1-4,7-11,13,31H,5-6,12H2,(H,32,33). The topological polar surface area (TPSA) is 82.6 Å². The van der Waals surface area contributed by atoms with Crippen LogP contribution in [-0.4, -0.2) is 36.8 Å². The summed E-state index contributed by atoms with van der Waals surface area (Å²) in [5, 5.41) is 0. The molecule has 0 saturated carbocycles. The third-order valence-electron chi connectivity index (χ3n) is 6.33. The Morgan fingerprint density at radius 1 is 1.08 bits per heavy atom. The van der Waals surface area contributed by atoms with Crippen molar-refractivity contribution in [3.63, 3.8) is 0 Å². The van der Waals surface area contributed by atoms with Gasteiger partial charge >= 0.3 is 6.18 Å². The van der Waals surface area contributed by atoms with Crippen molar-refractivity contribution in [1.29, 1.82) is 0 Å². The van der Waals surface area contributed by atoms with Gasteiger partial charge in [-0.1, -0.05) is 18.2 Å². The van der Waals surface area contributed by atoms with Crippen molar-refractivity contribution in [2.75, 3.05) is 11.4 Å². The summed E-state index contributed by atoms with van der Waals surface area (Å²) in [7, 11) is 0. The molecule has 0 aliphatic carbocycles. The second-order valence-electron chi connectivity index (χ2n) is 8.58. The summed E-state index contributed by atoms with van der Waals surface area (Å²) in [4.78, 5) is 29.3. The zero-order valence-corrected chi connectivity index (χ0v) is 18.6.